The number of anilines is 1. The molecule has 0 aliphatic carbocycles. The highest BCUT2D eigenvalue weighted by atomic mass is 16.5. The summed E-state index contributed by atoms with van der Waals surface area (Å²) in [6.07, 6.45) is 7.93. The zero-order valence-electron chi connectivity index (χ0n) is 11.9. The van der Waals surface area contributed by atoms with Crippen LogP contribution in [0.1, 0.15) is 33.6 Å². The molecule has 0 bridgehead atoms. The molecule has 2 rings (SSSR count). The van der Waals surface area contributed by atoms with Crippen molar-refractivity contribution in [3.05, 3.63) is 18.6 Å². The average molecular weight is 262 g/mol. The van der Waals surface area contributed by atoms with Gasteiger partial charge in [0.25, 0.3) is 5.88 Å². The van der Waals surface area contributed by atoms with Crippen molar-refractivity contribution in [3.8, 4) is 5.88 Å². The topological polar surface area (TPSA) is 51.5 Å². The van der Waals surface area contributed by atoms with Crippen LogP contribution in [-0.2, 0) is 0 Å². The molecule has 1 unspecified atom stereocenters. The normalized spacial score (nSPS) is 12.6. The molecule has 2 heterocycles. The minimum absolute atomic E-state index is 0.532. The van der Waals surface area contributed by atoms with Gasteiger partial charge < -0.3 is 10.1 Å². The lowest BCUT2D eigenvalue weighted by molar-refractivity contribution is 0.245. The molecule has 19 heavy (non-hydrogen) atoms. The lowest BCUT2D eigenvalue weighted by atomic mass is 10.1. The maximum atomic E-state index is 5.84. The van der Waals surface area contributed by atoms with Crippen molar-refractivity contribution in [2.24, 2.45) is 5.92 Å². The van der Waals surface area contributed by atoms with Crippen LogP contribution in [0.2, 0.25) is 0 Å². The van der Waals surface area contributed by atoms with E-state index in [0.717, 1.165) is 24.4 Å². The standard InChI is InChI=1S/C14H22N4O/c1-4-6-11(3)10-19-14-13-16-7-8-18(13)9-12(17-14)15-5-2/h7-9,11,15H,4-6,10H2,1-3H3. The van der Waals surface area contributed by atoms with E-state index in [1.807, 2.05) is 23.7 Å². The van der Waals surface area contributed by atoms with E-state index < -0.39 is 0 Å². The van der Waals surface area contributed by atoms with Crippen molar-refractivity contribution < 1.29 is 4.74 Å². The van der Waals surface area contributed by atoms with E-state index in [1.54, 1.807) is 6.20 Å². The summed E-state index contributed by atoms with van der Waals surface area (Å²) in [4.78, 5) is 8.77. The molecule has 5 nitrogen and oxygen atoms in total. The van der Waals surface area contributed by atoms with Gasteiger partial charge in [-0.2, -0.15) is 4.98 Å². The van der Waals surface area contributed by atoms with Gasteiger partial charge in [0.05, 0.1) is 12.8 Å². The number of nitrogens with one attached hydrogen (secondary N) is 1. The Bertz CT molecular complexity index is 523. The van der Waals surface area contributed by atoms with Crippen LogP contribution in [0.4, 0.5) is 5.82 Å². The van der Waals surface area contributed by atoms with Crippen LogP contribution in [-0.4, -0.2) is 27.5 Å². The van der Waals surface area contributed by atoms with Crippen LogP contribution < -0.4 is 10.1 Å². The summed E-state index contributed by atoms with van der Waals surface area (Å²) in [6, 6.07) is 0. The highest BCUT2D eigenvalue weighted by molar-refractivity contribution is 5.53. The summed E-state index contributed by atoms with van der Waals surface area (Å²) in [5.74, 6) is 1.95. The van der Waals surface area contributed by atoms with E-state index in [9.17, 15) is 0 Å². The van der Waals surface area contributed by atoms with Gasteiger partial charge in [0.15, 0.2) is 0 Å². The van der Waals surface area contributed by atoms with E-state index in [-0.39, 0.29) is 0 Å². The summed E-state index contributed by atoms with van der Waals surface area (Å²) in [5.41, 5.74) is 0.769. The first kappa shape index (κ1) is 13.6. The van der Waals surface area contributed by atoms with Crippen molar-refractivity contribution in [3.63, 3.8) is 0 Å². The maximum absolute atomic E-state index is 5.84. The van der Waals surface area contributed by atoms with Crippen LogP contribution in [0.25, 0.3) is 5.65 Å². The molecule has 0 aliphatic heterocycles. The molecule has 5 heteroatoms. The number of aromatic nitrogens is 3. The monoisotopic (exact) mass is 262 g/mol. The first-order valence-electron chi connectivity index (χ1n) is 6.95. The number of hydrogen-bond donors (Lipinski definition) is 1. The fourth-order valence-corrected chi connectivity index (χ4v) is 2.06. The van der Waals surface area contributed by atoms with Gasteiger partial charge in [-0.05, 0) is 19.3 Å². The molecule has 0 radical (unpaired) electrons. The molecule has 1 N–H and O–H groups in total. The number of rotatable bonds is 7. The van der Waals surface area contributed by atoms with E-state index in [2.05, 4.69) is 29.1 Å². The first-order valence-corrected chi connectivity index (χ1v) is 6.95. The fraction of sp³-hybridized carbons (Fsp3) is 0.571. The third-order valence-corrected chi connectivity index (χ3v) is 2.99. The minimum Gasteiger partial charge on any atom is -0.475 e. The molecule has 2 aromatic rings. The van der Waals surface area contributed by atoms with Gasteiger partial charge in [0.1, 0.15) is 5.82 Å². The molecule has 1 atom stereocenters. The Hall–Kier alpha value is -1.78. The molecule has 0 aromatic carbocycles. The Kier molecular flexibility index (Phi) is 4.60. The maximum Gasteiger partial charge on any atom is 0.260 e. The van der Waals surface area contributed by atoms with Crippen molar-refractivity contribution in [1.29, 1.82) is 0 Å². The van der Waals surface area contributed by atoms with Crippen LogP contribution in [0.3, 0.4) is 0 Å². The van der Waals surface area contributed by atoms with E-state index >= 15 is 0 Å². The lowest BCUT2D eigenvalue weighted by Gasteiger charge is -2.13. The molecular formula is C14H22N4O. The number of ether oxygens (including phenoxy) is 1. The van der Waals surface area contributed by atoms with Crippen LogP contribution >= 0.6 is 0 Å². The predicted molar refractivity (Wildman–Crippen MR) is 76.7 cm³/mol. The third kappa shape index (κ3) is 3.36. The molecule has 0 saturated carbocycles. The van der Waals surface area contributed by atoms with Gasteiger partial charge in [-0.3, -0.25) is 4.40 Å². The van der Waals surface area contributed by atoms with Crippen molar-refractivity contribution in [2.75, 3.05) is 18.5 Å². The predicted octanol–water partition coefficient (Wildman–Crippen LogP) is 2.98. The van der Waals surface area contributed by atoms with Gasteiger partial charge in [-0.25, -0.2) is 4.98 Å². The average Bonchev–Trinajstić information content (AvgIpc) is 2.85. The number of hydrogen-bond acceptors (Lipinski definition) is 4. The summed E-state index contributed by atoms with van der Waals surface area (Å²) in [6.45, 7) is 7.94. The highest BCUT2D eigenvalue weighted by Gasteiger charge is 2.10. The minimum atomic E-state index is 0.532. The van der Waals surface area contributed by atoms with Crippen molar-refractivity contribution >= 4 is 11.5 Å². The summed E-state index contributed by atoms with van der Waals surface area (Å²) >= 11 is 0. The second kappa shape index (κ2) is 6.41. The summed E-state index contributed by atoms with van der Waals surface area (Å²) < 4.78 is 7.78. The Morgan fingerprint density at radius 1 is 1.42 bits per heavy atom. The summed E-state index contributed by atoms with van der Waals surface area (Å²) in [5, 5.41) is 3.20. The lowest BCUT2D eigenvalue weighted by Crippen LogP contribution is -2.11. The summed E-state index contributed by atoms with van der Waals surface area (Å²) in [7, 11) is 0. The molecule has 2 aromatic heterocycles. The molecule has 0 spiro atoms. The molecule has 0 amide bonds. The molecular weight excluding hydrogens is 240 g/mol. The quantitative estimate of drug-likeness (QED) is 0.833. The van der Waals surface area contributed by atoms with Gasteiger partial charge in [0.2, 0.25) is 5.65 Å². The van der Waals surface area contributed by atoms with Crippen molar-refractivity contribution in [1.82, 2.24) is 14.4 Å². The van der Waals surface area contributed by atoms with E-state index in [1.165, 1.54) is 6.42 Å². The van der Waals surface area contributed by atoms with Crippen LogP contribution in [0, 0.1) is 5.92 Å². The third-order valence-electron chi connectivity index (χ3n) is 2.99. The molecule has 0 fully saturated rings. The number of fused-ring (bicyclic) bond motifs is 1. The number of nitrogens with zero attached hydrogens (tertiary/aromatic N) is 3. The van der Waals surface area contributed by atoms with E-state index in [0.29, 0.717) is 18.4 Å². The van der Waals surface area contributed by atoms with Crippen molar-refractivity contribution in [2.45, 2.75) is 33.6 Å². The first-order chi connectivity index (χ1) is 9.24. The molecule has 104 valence electrons. The molecule has 0 saturated heterocycles. The van der Waals surface area contributed by atoms with Gasteiger partial charge in [-0.15, -0.1) is 0 Å². The largest absolute Gasteiger partial charge is 0.475 e. The number of imidazole rings is 1. The Morgan fingerprint density at radius 3 is 3.00 bits per heavy atom. The second-order valence-electron chi connectivity index (χ2n) is 4.82. The molecule has 0 aliphatic rings. The zero-order chi connectivity index (χ0) is 13.7. The van der Waals surface area contributed by atoms with Gasteiger partial charge >= 0.3 is 0 Å². The van der Waals surface area contributed by atoms with Crippen LogP contribution in [0.5, 0.6) is 5.88 Å². The second-order valence-corrected chi connectivity index (χ2v) is 4.82. The highest BCUT2D eigenvalue weighted by Crippen LogP contribution is 2.19. The Labute approximate surface area is 114 Å². The zero-order valence-corrected chi connectivity index (χ0v) is 11.9. The Balaban J connectivity index is 2.17. The fourth-order valence-electron chi connectivity index (χ4n) is 2.06. The van der Waals surface area contributed by atoms with E-state index in [4.69, 9.17) is 4.74 Å². The Morgan fingerprint density at radius 2 is 2.26 bits per heavy atom. The smallest absolute Gasteiger partial charge is 0.260 e. The SMILES string of the molecule is CCCC(C)COc1nc(NCC)cn2ccnc12. The van der Waals surface area contributed by atoms with Gasteiger partial charge in [0, 0.05) is 18.9 Å². The van der Waals surface area contributed by atoms with Crippen LogP contribution in [0.15, 0.2) is 18.6 Å². The van der Waals surface area contributed by atoms with Gasteiger partial charge in [-0.1, -0.05) is 20.3 Å².